The lowest BCUT2D eigenvalue weighted by Gasteiger charge is -2.30. The Morgan fingerprint density at radius 2 is 0.803 bits per heavy atom. The number of cyclic esters (lactones) is 1. The van der Waals surface area contributed by atoms with Gasteiger partial charge in [0.05, 0.1) is 6.42 Å². The maximum Gasteiger partial charge on any atom is 0.329 e. The molecule has 0 spiro atoms. The van der Waals surface area contributed by atoms with Crippen LogP contribution in [0.1, 0.15) is 185 Å². The van der Waals surface area contributed by atoms with E-state index in [9.17, 15) is 58.2 Å². The summed E-state index contributed by atoms with van der Waals surface area (Å²) >= 11 is 0. The van der Waals surface area contributed by atoms with Gasteiger partial charge in [-0.2, -0.15) is 0 Å². The lowest BCUT2D eigenvalue weighted by Crippen LogP contribution is -2.62. The normalized spacial score (nSPS) is 24.1. The molecule has 7 amide bonds. The van der Waals surface area contributed by atoms with Crippen LogP contribution >= 0.6 is 0 Å². The molecule has 0 aromatic rings. The number of unbranched alkanes of at least 4 members (excludes halogenated alkanes) is 9. The average Bonchev–Trinajstić information content (AvgIpc) is 3.26. The third kappa shape index (κ3) is 25.6. The molecule has 406 valence electrons. The van der Waals surface area contributed by atoms with Crippen LogP contribution < -0.4 is 37.2 Å². The number of hydrogen-bond donors (Lipinski definition) is 9. The predicted octanol–water partition coefficient (Wildman–Crippen LogP) is 4.41. The number of ether oxygens (including phenoxy) is 1. The van der Waals surface area contributed by atoms with Gasteiger partial charge in [0.15, 0.2) is 6.10 Å². The molecule has 0 aromatic heterocycles. The van der Waals surface area contributed by atoms with Crippen molar-refractivity contribution in [1.82, 2.24) is 37.2 Å². The van der Waals surface area contributed by atoms with Gasteiger partial charge >= 0.3 is 17.9 Å². The first kappa shape index (κ1) is 63.7. The Morgan fingerprint density at radius 1 is 0.437 bits per heavy atom. The Hall–Kier alpha value is -5.30. The number of carboxylic acid groups (broad SMARTS) is 2. The third-order valence-corrected chi connectivity index (χ3v) is 12.1. The highest BCUT2D eigenvalue weighted by molar-refractivity contribution is 5.99. The summed E-state index contributed by atoms with van der Waals surface area (Å²) in [7, 11) is 0. The van der Waals surface area contributed by atoms with E-state index in [1.54, 1.807) is 69.2 Å². The summed E-state index contributed by atoms with van der Waals surface area (Å²) in [5.41, 5.74) is 0. The second-order valence-corrected chi connectivity index (χ2v) is 21.1. The minimum atomic E-state index is -1.73. The van der Waals surface area contributed by atoms with Crippen LogP contribution in [0.3, 0.4) is 0 Å². The molecular weight excluding hydrogens is 919 g/mol. The summed E-state index contributed by atoms with van der Waals surface area (Å²) < 4.78 is 5.91. The summed E-state index contributed by atoms with van der Waals surface area (Å²) in [5, 5.41) is 37.7. The van der Waals surface area contributed by atoms with E-state index < -0.39 is 139 Å². The number of carboxylic acids is 2. The maximum atomic E-state index is 14.3. The van der Waals surface area contributed by atoms with Gasteiger partial charge in [-0.1, -0.05) is 134 Å². The molecule has 9 N–H and O–H groups in total. The fourth-order valence-corrected chi connectivity index (χ4v) is 8.20. The van der Waals surface area contributed by atoms with Gasteiger partial charge in [0.25, 0.3) is 5.91 Å². The molecule has 8 atom stereocenters. The van der Waals surface area contributed by atoms with Crippen molar-refractivity contribution in [2.75, 3.05) is 0 Å². The van der Waals surface area contributed by atoms with E-state index >= 15 is 0 Å². The van der Waals surface area contributed by atoms with Gasteiger partial charge in [-0.25, -0.2) is 4.79 Å². The summed E-state index contributed by atoms with van der Waals surface area (Å²) in [5.74, 6) is -11.7. The van der Waals surface area contributed by atoms with Crippen LogP contribution in [0.2, 0.25) is 0 Å². The SMILES string of the molecule is CCCCCCCCCCCCC1OC(=O)C(CC(C)C)NC(=O)C(CC(C)C)NC(=O)C(CC(=O)O)NC(=O)C(C(C)C)NC(=O)C(CC(C)C)NC(=O)C(C(C)C)NC(=O)C(CCC(=O)O)NC1=O. The van der Waals surface area contributed by atoms with Crippen molar-refractivity contribution in [3.63, 3.8) is 0 Å². The lowest BCUT2D eigenvalue weighted by atomic mass is 9.97. The summed E-state index contributed by atoms with van der Waals surface area (Å²) in [6.07, 6.45) is 6.53. The van der Waals surface area contributed by atoms with Gasteiger partial charge in [-0.05, 0) is 68.1 Å². The molecule has 0 bridgehead atoms. The van der Waals surface area contributed by atoms with Crippen molar-refractivity contribution in [2.45, 2.75) is 234 Å². The zero-order chi connectivity index (χ0) is 54.0. The summed E-state index contributed by atoms with van der Waals surface area (Å²) in [4.78, 5) is 137. The van der Waals surface area contributed by atoms with Crippen molar-refractivity contribution >= 4 is 59.3 Å². The largest absolute Gasteiger partial charge is 0.481 e. The summed E-state index contributed by atoms with van der Waals surface area (Å²) in [6, 6.07) is -9.90. The zero-order valence-corrected chi connectivity index (χ0v) is 44.4. The highest BCUT2D eigenvalue weighted by Gasteiger charge is 2.38. The second kappa shape index (κ2) is 33.4. The molecule has 8 unspecified atom stereocenters. The lowest BCUT2D eigenvalue weighted by molar-refractivity contribution is -0.160. The number of aliphatic carboxylic acids is 2. The van der Waals surface area contributed by atoms with E-state index in [1.165, 1.54) is 12.8 Å². The van der Waals surface area contributed by atoms with Gasteiger partial charge < -0.3 is 52.2 Å². The Balaban J connectivity index is 3.96. The molecule has 1 aliphatic rings. The van der Waals surface area contributed by atoms with Gasteiger partial charge in [0.2, 0.25) is 35.4 Å². The topological polar surface area (TPSA) is 305 Å². The van der Waals surface area contributed by atoms with Crippen molar-refractivity contribution in [2.24, 2.45) is 29.6 Å². The van der Waals surface area contributed by atoms with Crippen LogP contribution in [0.5, 0.6) is 0 Å². The van der Waals surface area contributed by atoms with Crippen molar-refractivity contribution < 1.29 is 62.9 Å². The minimum absolute atomic E-state index is 0.0143. The van der Waals surface area contributed by atoms with Crippen LogP contribution in [-0.4, -0.2) is 118 Å². The van der Waals surface area contributed by atoms with E-state index in [1.807, 2.05) is 0 Å². The number of hydrogen-bond acceptors (Lipinski definition) is 11. The first-order chi connectivity index (χ1) is 33.3. The number of amides is 7. The van der Waals surface area contributed by atoms with Crippen LogP contribution in [0, 0.1) is 29.6 Å². The number of esters is 1. The first-order valence-corrected chi connectivity index (χ1v) is 26.0. The number of rotatable bonds is 24. The average molecular weight is 1010 g/mol. The fraction of sp³-hybridized carbons (Fsp3) is 0.804. The molecule has 0 aliphatic carbocycles. The van der Waals surface area contributed by atoms with Crippen LogP contribution in [-0.2, 0) is 52.7 Å². The maximum absolute atomic E-state index is 14.3. The second-order valence-electron chi connectivity index (χ2n) is 21.1. The van der Waals surface area contributed by atoms with Gasteiger partial charge in [0, 0.05) is 6.42 Å². The first-order valence-electron chi connectivity index (χ1n) is 26.0. The van der Waals surface area contributed by atoms with E-state index in [2.05, 4.69) is 44.1 Å². The van der Waals surface area contributed by atoms with E-state index in [-0.39, 0.29) is 43.4 Å². The van der Waals surface area contributed by atoms with E-state index in [0.717, 1.165) is 38.5 Å². The fourth-order valence-electron chi connectivity index (χ4n) is 8.20. The molecule has 1 heterocycles. The molecule has 1 fully saturated rings. The third-order valence-electron chi connectivity index (χ3n) is 12.1. The highest BCUT2D eigenvalue weighted by atomic mass is 16.5. The molecule has 1 rings (SSSR count). The molecule has 20 heteroatoms. The highest BCUT2D eigenvalue weighted by Crippen LogP contribution is 2.18. The smallest absolute Gasteiger partial charge is 0.329 e. The molecule has 1 aliphatic heterocycles. The van der Waals surface area contributed by atoms with Gasteiger partial charge in [-0.15, -0.1) is 0 Å². The molecule has 0 saturated carbocycles. The van der Waals surface area contributed by atoms with Crippen molar-refractivity contribution in [3.05, 3.63) is 0 Å². The quantitative estimate of drug-likeness (QED) is 0.0479. The number of nitrogens with one attached hydrogen (secondary N) is 7. The molecule has 71 heavy (non-hydrogen) atoms. The molecule has 0 radical (unpaired) electrons. The molecule has 0 aromatic carbocycles. The summed E-state index contributed by atoms with van der Waals surface area (Å²) in [6.45, 7) is 19.3. The number of carbonyl (C=O) groups excluding carboxylic acids is 8. The molecule has 1 saturated heterocycles. The standard InChI is InChI=1S/C51H89N7O13/c1-12-13-14-15-16-17-18-19-20-21-22-39-48(67)52-34(23-24-40(59)60)44(63)57-42(32(8)9)49(68)54-36(26-30(4)5)47(66)58-43(33(10)11)50(69)55-37(28-41(61)62)46(65)53-35(25-29(2)3)45(64)56-38(27-31(6)7)51(70)71-39/h29-39,42-43H,12-28H2,1-11H3,(H,52,67)(H,53,65)(H,54,68)(H,55,69)(H,56,64)(H,57,63)(H,58,66)(H,59,60)(H,61,62). The Bertz CT molecular complexity index is 1750. The van der Waals surface area contributed by atoms with Crippen molar-refractivity contribution in [1.29, 1.82) is 0 Å². The minimum Gasteiger partial charge on any atom is -0.481 e. The predicted molar refractivity (Wildman–Crippen MR) is 267 cm³/mol. The van der Waals surface area contributed by atoms with Crippen LogP contribution in [0.4, 0.5) is 0 Å². The van der Waals surface area contributed by atoms with Gasteiger partial charge in [-0.3, -0.25) is 43.2 Å². The van der Waals surface area contributed by atoms with Crippen LogP contribution in [0.25, 0.3) is 0 Å². The van der Waals surface area contributed by atoms with Crippen molar-refractivity contribution in [3.8, 4) is 0 Å². The zero-order valence-electron chi connectivity index (χ0n) is 44.4. The molecular formula is C51H89N7O13. The van der Waals surface area contributed by atoms with Gasteiger partial charge in [0.1, 0.15) is 42.3 Å². The Labute approximate surface area is 421 Å². The molecule has 20 nitrogen and oxygen atoms in total. The van der Waals surface area contributed by atoms with E-state index in [4.69, 9.17) is 4.74 Å². The number of carbonyl (C=O) groups is 10. The Kier molecular flexibility index (Phi) is 29.9. The van der Waals surface area contributed by atoms with Crippen LogP contribution in [0.15, 0.2) is 0 Å². The monoisotopic (exact) mass is 1010 g/mol. The Morgan fingerprint density at radius 3 is 1.24 bits per heavy atom. The van der Waals surface area contributed by atoms with E-state index in [0.29, 0.717) is 12.8 Å².